The predicted octanol–water partition coefficient (Wildman–Crippen LogP) is 3.58. The average molecular weight is 362 g/mol. The van der Waals surface area contributed by atoms with E-state index in [2.05, 4.69) is 24.5 Å². The molecule has 1 aromatic heterocycles. The summed E-state index contributed by atoms with van der Waals surface area (Å²) < 4.78 is 2.05. The van der Waals surface area contributed by atoms with Crippen LogP contribution in [0.1, 0.15) is 65.0 Å². The van der Waals surface area contributed by atoms with Crippen LogP contribution < -0.4 is 0 Å². The van der Waals surface area contributed by atoms with Crippen LogP contribution in [0.25, 0.3) is 0 Å². The summed E-state index contributed by atoms with van der Waals surface area (Å²) in [5, 5.41) is 0. The summed E-state index contributed by atoms with van der Waals surface area (Å²) in [5.74, 6) is 0.560. The maximum atomic E-state index is 13.1. The van der Waals surface area contributed by atoms with Gasteiger partial charge in [0.2, 0.25) is 11.8 Å². The molecule has 5 nitrogen and oxygen atoms in total. The fraction of sp³-hybridized carbons (Fsp3) is 0.714. The fourth-order valence-electron chi connectivity index (χ4n) is 3.81. The molecule has 0 radical (unpaired) electrons. The molecular formula is C21H35N3O2. The number of carbonyl (C=O) groups excluding carboxylic acids is 2. The smallest absolute Gasteiger partial charge is 0.242 e. The van der Waals surface area contributed by atoms with E-state index in [1.165, 1.54) is 6.42 Å². The van der Waals surface area contributed by atoms with Crippen molar-refractivity contribution in [2.45, 2.75) is 71.9 Å². The SMILES string of the molecule is CCC(=O)N(CC(=O)N(Cc1cccn1C)CC(C)C)C1CCCCC1. The second kappa shape index (κ2) is 9.79. The van der Waals surface area contributed by atoms with Gasteiger partial charge in [-0.3, -0.25) is 9.59 Å². The molecule has 1 aromatic rings. The molecule has 0 unspecified atom stereocenters. The number of carbonyl (C=O) groups is 2. The van der Waals surface area contributed by atoms with Crippen LogP contribution in [0.4, 0.5) is 0 Å². The first-order valence-electron chi connectivity index (χ1n) is 10.1. The average Bonchev–Trinajstić information content (AvgIpc) is 3.03. The van der Waals surface area contributed by atoms with Crippen LogP contribution in [0.15, 0.2) is 18.3 Å². The molecule has 1 heterocycles. The van der Waals surface area contributed by atoms with E-state index in [9.17, 15) is 9.59 Å². The number of hydrogen-bond donors (Lipinski definition) is 0. The minimum absolute atomic E-state index is 0.0623. The molecule has 2 amide bonds. The molecule has 1 saturated carbocycles. The molecule has 0 N–H and O–H groups in total. The number of amides is 2. The van der Waals surface area contributed by atoms with E-state index in [0.29, 0.717) is 25.4 Å². The predicted molar refractivity (Wildman–Crippen MR) is 105 cm³/mol. The summed E-state index contributed by atoms with van der Waals surface area (Å²) in [4.78, 5) is 29.4. The first-order valence-corrected chi connectivity index (χ1v) is 10.1. The van der Waals surface area contributed by atoms with Crippen molar-refractivity contribution in [2.75, 3.05) is 13.1 Å². The Bertz CT molecular complexity index is 588. The van der Waals surface area contributed by atoms with Crippen LogP contribution >= 0.6 is 0 Å². The van der Waals surface area contributed by atoms with Gasteiger partial charge in [-0.15, -0.1) is 0 Å². The van der Waals surface area contributed by atoms with Crippen molar-refractivity contribution in [1.29, 1.82) is 0 Å². The van der Waals surface area contributed by atoms with Gasteiger partial charge in [0.1, 0.15) is 6.54 Å². The summed E-state index contributed by atoms with van der Waals surface area (Å²) in [5.41, 5.74) is 1.12. The zero-order valence-electron chi connectivity index (χ0n) is 16.9. The minimum Gasteiger partial charge on any atom is -0.353 e. The molecule has 0 spiro atoms. The van der Waals surface area contributed by atoms with Crippen LogP contribution in [-0.4, -0.2) is 45.3 Å². The molecule has 26 heavy (non-hydrogen) atoms. The molecule has 2 rings (SSSR count). The van der Waals surface area contributed by atoms with E-state index >= 15 is 0 Å². The molecule has 0 aliphatic heterocycles. The number of nitrogens with zero attached hydrogens (tertiary/aromatic N) is 3. The first-order chi connectivity index (χ1) is 12.4. The van der Waals surface area contributed by atoms with Crippen LogP contribution in [0, 0.1) is 5.92 Å². The van der Waals surface area contributed by atoms with Crippen molar-refractivity contribution in [1.82, 2.24) is 14.4 Å². The highest BCUT2D eigenvalue weighted by molar-refractivity contribution is 5.85. The zero-order chi connectivity index (χ0) is 19.1. The second-order valence-corrected chi connectivity index (χ2v) is 7.95. The van der Waals surface area contributed by atoms with Crippen molar-refractivity contribution in [3.63, 3.8) is 0 Å². The molecule has 146 valence electrons. The highest BCUT2D eigenvalue weighted by Gasteiger charge is 2.28. The van der Waals surface area contributed by atoms with Gasteiger partial charge in [0.05, 0.1) is 6.54 Å². The van der Waals surface area contributed by atoms with Crippen LogP contribution in [0.3, 0.4) is 0 Å². The van der Waals surface area contributed by atoms with Crippen molar-refractivity contribution < 1.29 is 9.59 Å². The number of hydrogen-bond acceptors (Lipinski definition) is 2. The maximum Gasteiger partial charge on any atom is 0.242 e. The van der Waals surface area contributed by atoms with E-state index in [4.69, 9.17) is 0 Å². The lowest BCUT2D eigenvalue weighted by Gasteiger charge is -2.35. The van der Waals surface area contributed by atoms with Gasteiger partial charge in [-0.05, 0) is 30.9 Å². The largest absolute Gasteiger partial charge is 0.353 e. The van der Waals surface area contributed by atoms with Crippen LogP contribution in [0.2, 0.25) is 0 Å². The molecule has 1 aliphatic rings. The van der Waals surface area contributed by atoms with Crippen LogP contribution in [-0.2, 0) is 23.2 Å². The van der Waals surface area contributed by atoms with Crippen molar-refractivity contribution in [3.05, 3.63) is 24.0 Å². The highest BCUT2D eigenvalue weighted by Crippen LogP contribution is 2.23. The van der Waals surface area contributed by atoms with E-state index in [0.717, 1.165) is 31.4 Å². The van der Waals surface area contributed by atoms with Gasteiger partial charge in [-0.25, -0.2) is 0 Å². The first kappa shape index (κ1) is 20.5. The Labute approximate surface area is 158 Å². The Balaban J connectivity index is 2.11. The molecule has 0 atom stereocenters. The minimum atomic E-state index is 0.0623. The van der Waals surface area contributed by atoms with Gasteiger partial charge < -0.3 is 14.4 Å². The van der Waals surface area contributed by atoms with Gasteiger partial charge in [-0.2, -0.15) is 0 Å². The van der Waals surface area contributed by atoms with Gasteiger partial charge in [0, 0.05) is 37.9 Å². The maximum absolute atomic E-state index is 13.1. The monoisotopic (exact) mass is 361 g/mol. The summed E-state index contributed by atoms with van der Waals surface area (Å²) >= 11 is 0. The summed E-state index contributed by atoms with van der Waals surface area (Å²) in [6, 6.07) is 4.29. The van der Waals surface area contributed by atoms with Gasteiger partial charge in [0.15, 0.2) is 0 Å². The van der Waals surface area contributed by atoms with Gasteiger partial charge in [-0.1, -0.05) is 40.0 Å². The Morgan fingerprint density at radius 2 is 1.88 bits per heavy atom. The van der Waals surface area contributed by atoms with Gasteiger partial charge in [0.25, 0.3) is 0 Å². The lowest BCUT2D eigenvalue weighted by molar-refractivity contribution is -0.143. The van der Waals surface area contributed by atoms with E-state index in [1.54, 1.807) is 0 Å². The van der Waals surface area contributed by atoms with Crippen molar-refractivity contribution in [2.24, 2.45) is 13.0 Å². The van der Waals surface area contributed by atoms with Crippen molar-refractivity contribution >= 4 is 11.8 Å². The van der Waals surface area contributed by atoms with Gasteiger partial charge >= 0.3 is 0 Å². The topological polar surface area (TPSA) is 45.6 Å². The molecule has 1 fully saturated rings. The quantitative estimate of drug-likeness (QED) is 0.710. The Morgan fingerprint density at radius 1 is 1.19 bits per heavy atom. The zero-order valence-corrected chi connectivity index (χ0v) is 16.9. The normalized spacial score (nSPS) is 15.3. The van der Waals surface area contributed by atoms with Crippen LogP contribution in [0.5, 0.6) is 0 Å². The third-order valence-corrected chi connectivity index (χ3v) is 5.29. The molecule has 5 heteroatoms. The summed E-state index contributed by atoms with van der Waals surface area (Å²) in [7, 11) is 2.00. The fourth-order valence-corrected chi connectivity index (χ4v) is 3.81. The summed E-state index contributed by atoms with van der Waals surface area (Å²) in [6.07, 6.45) is 8.08. The summed E-state index contributed by atoms with van der Waals surface area (Å²) in [6.45, 7) is 7.66. The Morgan fingerprint density at radius 3 is 2.42 bits per heavy atom. The number of rotatable bonds is 8. The number of aryl methyl sites for hydroxylation is 1. The Kier molecular flexibility index (Phi) is 7.73. The second-order valence-electron chi connectivity index (χ2n) is 7.95. The van der Waals surface area contributed by atoms with E-state index < -0.39 is 0 Å². The lowest BCUT2D eigenvalue weighted by atomic mass is 9.94. The van der Waals surface area contributed by atoms with Crippen molar-refractivity contribution in [3.8, 4) is 0 Å². The molecule has 0 bridgehead atoms. The molecule has 0 aromatic carbocycles. The van der Waals surface area contributed by atoms with E-state index in [-0.39, 0.29) is 24.4 Å². The molecule has 0 saturated heterocycles. The third-order valence-electron chi connectivity index (χ3n) is 5.29. The van der Waals surface area contributed by atoms with E-state index in [1.807, 2.05) is 36.0 Å². The number of aromatic nitrogens is 1. The molecule has 1 aliphatic carbocycles. The standard InChI is InChI=1S/C21H35N3O2/c1-5-20(25)24(18-10-7-6-8-11-18)16-21(26)23(14-17(2)3)15-19-12-9-13-22(19)4/h9,12-13,17-18H,5-8,10-11,14-16H2,1-4H3. The third kappa shape index (κ3) is 5.61. The molecular weight excluding hydrogens is 326 g/mol. The lowest BCUT2D eigenvalue weighted by Crippen LogP contribution is -2.48. The highest BCUT2D eigenvalue weighted by atomic mass is 16.2. The Hall–Kier alpha value is -1.78.